The van der Waals surface area contributed by atoms with Gasteiger partial charge in [-0.1, -0.05) is 20.8 Å². The van der Waals surface area contributed by atoms with E-state index in [1.165, 1.54) is 6.92 Å². The van der Waals surface area contributed by atoms with E-state index in [9.17, 15) is 4.79 Å². The summed E-state index contributed by atoms with van der Waals surface area (Å²) in [4.78, 5) is 15.4. The van der Waals surface area contributed by atoms with E-state index in [0.717, 1.165) is 12.8 Å². The molecule has 0 aromatic rings. The highest BCUT2D eigenvalue weighted by Crippen LogP contribution is 2.30. The Labute approximate surface area is 133 Å². The summed E-state index contributed by atoms with van der Waals surface area (Å²) in [6, 6.07) is 0. The van der Waals surface area contributed by atoms with Gasteiger partial charge >= 0.3 is 5.97 Å². The number of hydrogen-bond acceptors (Lipinski definition) is 6. The molecular weight excluding hydrogens is 286 g/mol. The average Bonchev–Trinajstić information content (AvgIpc) is 2.52. The van der Waals surface area contributed by atoms with E-state index in [1.807, 2.05) is 0 Å². The Balaban J connectivity index is 2.74. The summed E-state index contributed by atoms with van der Waals surface area (Å²) < 4.78 is 22.3. The Hall–Kier alpha value is -1.14. The molecule has 0 spiro atoms. The first-order valence-electron chi connectivity index (χ1n) is 7.85. The van der Waals surface area contributed by atoms with Gasteiger partial charge in [0.05, 0.1) is 6.61 Å². The van der Waals surface area contributed by atoms with Crippen molar-refractivity contribution in [3.8, 4) is 0 Å². The second-order valence-corrected chi connectivity index (χ2v) is 5.86. The summed E-state index contributed by atoms with van der Waals surface area (Å²) in [5, 5.41) is 0. The minimum absolute atomic E-state index is 0.122. The largest absolute Gasteiger partial charge is 0.460 e. The second kappa shape index (κ2) is 8.48. The van der Waals surface area contributed by atoms with Crippen LogP contribution in [0.2, 0.25) is 0 Å². The van der Waals surface area contributed by atoms with E-state index in [1.54, 1.807) is 14.2 Å². The van der Waals surface area contributed by atoms with Crippen LogP contribution in [0.1, 0.15) is 47.0 Å². The zero-order valence-electron chi connectivity index (χ0n) is 14.5. The van der Waals surface area contributed by atoms with Gasteiger partial charge in [0.1, 0.15) is 12.2 Å². The van der Waals surface area contributed by atoms with Crippen LogP contribution in [0.5, 0.6) is 0 Å². The van der Waals surface area contributed by atoms with E-state index < -0.39 is 6.29 Å². The van der Waals surface area contributed by atoms with Crippen molar-refractivity contribution in [1.29, 1.82) is 0 Å². The predicted octanol–water partition coefficient (Wildman–Crippen LogP) is 2.55. The fourth-order valence-electron chi connectivity index (χ4n) is 2.51. The maximum Gasteiger partial charge on any atom is 0.302 e. The Morgan fingerprint density at radius 1 is 1.32 bits per heavy atom. The molecule has 128 valence electrons. The fraction of sp³-hybridized carbons (Fsp3) is 0.875. The molecule has 0 aliphatic carbocycles. The second-order valence-electron chi connectivity index (χ2n) is 5.86. The van der Waals surface area contributed by atoms with Gasteiger partial charge in [0.2, 0.25) is 6.29 Å². The summed E-state index contributed by atoms with van der Waals surface area (Å²) in [7, 11) is 3.33. The average molecular weight is 315 g/mol. The lowest BCUT2D eigenvalue weighted by atomic mass is 9.84. The van der Waals surface area contributed by atoms with E-state index in [0.29, 0.717) is 18.9 Å². The van der Waals surface area contributed by atoms with Gasteiger partial charge in [-0.05, 0) is 12.8 Å². The lowest BCUT2D eigenvalue weighted by molar-refractivity contribution is -0.221. The first-order chi connectivity index (χ1) is 10.4. The minimum Gasteiger partial charge on any atom is -0.460 e. The van der Waals surface area contributed by atoms with Crippen molar-refractivity contribution in [2.75, 3.05) is 20.8 Å². The van der Waals surface area contributed by atoms with Gasteiger partial charge in [-0.25, -0.2) is 0 Å². The molecule has 0 aromatic heterocycles. The van der Waals surface area contributed by atoms with Crippen LogP contribution in [0, 0.1) is 5.41 Å². The Bertz CT molecular complexity index is 392. The molecule has 0 aromatic carbocycles. The van der Waals surface area contributed by atoms with Crippen LogP contribution in [0.15, 0.2) is 4.99 Å². The quantitative estimate of drug-likeness (QED) is 0.428. The van der Waals surface area contributed by atoms with E-state index in [-0.39, 0.29) is 23.6 Å². The molecule has 1 rings (SSSR count). The number of methoxy groups -OCH3 is 1. The maximum absolute atomic E-state index is 11.1. The predicted molar refractivity (Wildman–Crippen MR) is 83.8 cm³/mol. The van der Waals surface area contributed by atoms with E-state index in [2.05, 4.69) is 25.8 Å². The van der Waals surface area contributed by atoms with Gasteiger partial charge in [0.15, 0.2) is 5.90 Å². The normalized spacial score (nSPS) is 26.6. The molecule has 0 radical (unpaired) electrons. The first kappa shape index (κ1) is 18.9. The molecule has 1 aliphatic heterocycles. The molecule has 1 aliphatic rings. The number of carbonyl (C=O) groups excluding carboxylic acids is 1. The first-order valence-corrected chi connectivity index (χ1v) is 7.85. The minimum atomic E-state index is -0.534. The molecule has 1 fully saturated rings. The van der Waals surface area contributed by atoms with Gasteiger partial charge in [-0.3, -0.25) is 9.79 Å². The lowest BCUT2D eigenvalue weighted by Gasteiger charge is -2.37. The summed E-state index contributed by atoms with van der Waals surface area (Å²) in [5.41, 5.74) is -0.122. The van der Waals surface area contributed by atoms with Gasteiger partial charge in [-0.15, -0.1) is 0 Å². The standard InChI is InChI=1S/C16H29NO5/c1-7-16(4,8-2)15(17-5)22-14-13(19-6)9-12(10-20-14)21-11(3)18/h12-14H,7-10H2,1-6H3. The Kier molecular flexibility index (Phi) is 7.29. The molecule has 1 saturated heterocycles. The molecule has 0 amide bonds. The number of carbonyl (C=O) groups is 1. The van der Waals surface area contributed by atoms with Gasteiger partial charge < -0.3 is 18.9 Å². The Morgan fingerprint density at radius 3 is 2.41 bits per heavy atom. The number of aliphatic imine (C=N–C) groups is 1. The summed E-state index contributed by atoms with van der Waals surface area (Å²) in [5.74, 6) is 0.360. The fourth-order valence-corrected chi connectivity index (χ4v) is 2.51. The van der Waals surface area contributed by atoms with Crippen LogP contribution >= 0.6 is 0 Å². The maximum atomic E-state index is 11.1. The zero-order chi connectivity index (χ0) is 16.8. The number of rotatable bonds is 6. The summed E-state index contributed by atoms with van der Waals surface area (Å²) >= 11 is 0. The molecule has 3 unspecified atom stereocenters. The van der Waals surface area contributed by atoms with Gasteiger partial charge in [0.25, 0.3) is 0 Å². The number of hydrogen-bond donors (Lipinski definition) is 0. The molecule has 22 heavy (non-hydrogen) atoms. The Morgan fingerprint density at radius 2 is 1.95 bits per heavy atom. The van der Waals surface area contributed by atoms with Crippen molar-refractivity contribution >= 4 is 11.9 Å². The van der Waals surface area contributed by atoms with Crippen LogP contribution in [0.4, 0.5) is 0 Å². The molecule has 6 heteroatoms. The van der Waals surface area contributed by atoms with Gasteiger partial charge in [0, 0.05) is 32.9 Å². The molecule has 3 atom stereocenters. The van der Waals surface area contributed by atoms with E-state index >= 15 is 0 Å². The smallest absolute Gasteiger partial charge is 0.302 e. The highest BCUT2D eigenvalue weighted by atomic mass is 16.7. The van der Waals surface area contributed by atoms with Crippen molar-refractivity contribution in [3.05, 3.63) is 0 Å². The van der Waals surface area contributed by atoms with E-state index in [4.69, 9.17) is 18.9 Å². The van der Waals surface area contributed by atoms with Crippen molar-refractivity contribution in [3.63, 3.8) is 0 Å². The highest BCUT2D eigenvalue weighted by molar-refractivity contribution is 5.82. The monoisotopic (exact) mass is 315 g/mol. The van der Waals surface area contributed by atoms with Crippen molar-refractivity contribution < 1.29 is 23.7 Å². The van der Waals surface area contributed by atoms with Crippen molar-refractivity contribution in [2.45, 2.75) is 65.5 Å². The molecular formula is C16H29NO5. The molecule has 0 N–H and O–H groups in total. The molecule has 1 heterocycles. The van der Waals surface area contributed by atoms with Crippen LogP contribution in [0.25, 0.3) is 0 Å². The van der Waals surface area contributed by atoms with Crippen molar-refractivity contribution in [2.24, 2.45) is 10.4 Å². The van der Waals surface area contributed by atoms with Crippen LogP contribution in [-0.2, 0) is 23.7 Å². The number of ether oxygens (including phenoxy) is 4. The topological polar surface area (TPSA) is 66.3 Å². The summed E-state index contributed by atoms with van der Waals surface area (Å²) in [6.45, 7) is 8.05. The third-order valence-electron chi connectivity index (χ3n) is 4.39. The third-order valence-corrected chi connectivity index (χ3v) is 4.39. The molecule has 6 nitrogen and oxygen atoms in total. The van der Waals surface area contributed by atoms with Crippen LogP contribution < -0.4 is 0 Å². The number of nitrogens with zero attached hydrogens (tertiary/aromatic N) is 1. The lowest BCUT2D eigenvalue weighted by Crippen LogP contribution is -2.47. The van der Waals surface area contributed by atoms with Crippen LogP contribution in [-0.4, -0.2) is 51.1 Å². The SMILES string of the molecule is CCC(C)(CC)C(=NC)OC1OCC(OC(C)=O)CC1OC. The van der Waals surface area contributed by atoms with Gasteiger partial charge in [-0.2, -0.15) is 0 Å². The van der Waals surface area contributed by atoms with Crippen LogP contribution in [0.3, 0.4) is 0 Å². The molecule has 0 bridgehead atoms. The third kappa shape index (κ3) is 4.68. The number of esters is 1. The highest BCUT2D eigenvalue weighted by Gasteiger charge is 2.38. The van der Waals surface area contributed by atoms with Crippen molar-refractivity contribution in [1.82, 2.24) is 0 Å². The zero-order valence-corrected chi connectivity index (χ0v) is 14.5. The summed E-state index contributed by atoms with van der Waals surface area (Å²) in [6.07, 6.45) is 1.27. The molecule has 0 saturated carbocycles.